The van der Waals surface area contributed by atoms with E-state index in [1.54, 1.807) is 45.0 Å². The van der Waals surface area contributed by atoms with Gasteiger partial charge in [-0.1, -0.05) is 31.0 Å². The number of carbonyl (C=O) groups is 5. The molecule has 1 fully saturated rings. The van der Waals surface area contributed by atoms with Crippen molar-refractivity contribution in [3.63, 3.8) is 0 Å². The van der Waals surface area contributed by atoms with Gasteiger partial charge in [-0.2, -0.15) is 0 Å². The molecule has 3 N–H and O–H groups in total. The fraction of sp³-hybridized carbons (Fsp3) is 0.542. The average molecular weight is 460 g/mol. The van der Waals surface area contributed by atoms with Crippen molar-refractivity contribution in [2.45, 2.75) is 71.9 Å². The van der Waals surface area contributed by atoms with Gasteiger partial charge in [0.15, 0.2) is 0 Å². The number of carbonyl (C=O) groups excluding carboxylic acids is 5. The number of benzene rings is 1. The number of aryl methyl sites for hydroxylation is 1. The van der Waals surface area contributed by atoms with E-state index in [0.717, 1.165) is 5.56 Å². The standard InChI is InChI=1S/C24H34N4O5/c1-15-9-11-19(12-10-15)27-23(32)18(4)26-22(31)17(3)25-20(29)8-6-5-7-13-28-21(30)14-16(2)24(28)33/h9-12,16-18H,5-8,13-14H2,1-4H3,(H,25,29)(H,26,31)(H,27,32)/i1D. The molecule has 3 unspecified atom stereocenters. The number of hydrogen-bond donors (Lipinski definition) is 3. The molecule has 9 heteroatoms. The van der Waals surface area contributed by atoms with Crippen molar-refractivity contribution < 1.29 is 25.3 Å². The predicted molar refractivity (Wildman–Crippen MR) is 124 cm³/mol. The van der Waals surface area contributed by atoms with Crippen LogP contribution < -0.4 is 16.0 Å². The van der Waals surface area contributed by atoms with Gasteiger partial charge >= 0.3 is 0 Å². The number of unbranched alkanes of at least 4 members (excludes halogenated alkanes) is 2. The maximum Gasteiger partial charge on any atom is 0.246 e. The van der Waals surface area contributed by atoms with Crippen LogP contribution in [0.25, 0.3) is 0 Å². The third-order valence-corrected chi connectivity index (χ3v) is 5.50. The molecule has 2 rings (SSSR count). The second-order valence-electron chi connectivity index (χ2n) is 8.51. The highest BCUT2D eigenvalue weighted by Crippen LogP contribution is 2.19. The summed E-state index contributed by atoms with van der Waals surface area (Å²) >= 11 is 0. The van der Waals surface area contributed by atoms with E-state index >= 15 is 0 Å². The summed E-state index contributed by atoms with van der Waals surface area (Å²) in [5, 5.41) is 7.90. The van der Waals surface area contributed by atoms with E-state index < -0.39 is 23.9 Å². The molecule has 3 atom stereocenters. The highest BCUT2D eigenvalue weighted by Gasteiger charge is 2.34. The third-order valence-electron chi connectivity index (χ3n) is 5.50. The first-order chi connectivity index (χ1) is 16.1. The van der Waals surface area contributed by atoms with Gasteiger partial charge in [0.1, 0.15) is 12.1 Å². The largest absolute Gasteiger partial charge is 0.345 e. The van der Waals surface area contributed by atoms with Crippen molar-refractivity contribution in [3.8, 4) is 0 Å². The molecule has 33 heavy (non-hydrogen) atoms. The van der Waals surface area contributed by atoms with E-state index in [1.807, 2.05) is 0 Å². The number of nitrogens with zero attached hydrogens (tertiary/aromatic N) is 1. The number of rotatable bonds is 11. The molecule has 0 bridgehead atoms. The molecule has 1 saturated heterocycles. The van der Waals surface area contributed by atoms with Crippen molar-refractivity contribution in [1.29, 1.82) is 0 Å². The lowest BCUT2D eigenvalue weighted by atomic mass is 10.1. The Labute approximate surface area is 196 Å². The number of nitrogens with one attached hydrogen (secondary N) is 3. The van der Waals surface area contributed by atoms with Crippen LogP contribution in [0.4, 0.5) is 5.69 Å². The number of anilines is 1. The Morgan fingerprint density at radius 2 is 1.70 bits per heavy atom. The summed E-state index contributed by atoms with van der Waals surface area (Å²) in [5.41, 5.74) is 1.40. The van der Waals surface area contributed by atoms with Crippen LogP contribution in [0.2, 0.25) is 0 Å². The summed E-state index contributed by atoms with van der Waals surface area (Å²) in [6, 6.07) is 5.27. The molecule has 5 amide bonds. The molecular formula is C24H34N4O5. The summed E-state index contributed by atoms with van der Waals surface area (Å²) in [6.45, 7) is 5.37. The van der Waals surface area contributed by atoms with E-state index in [2.05, 4.69) is 16.0 Å². The monoisotopic (exact) mass is 459 g/mol. The SMILES string of the molecule is [2H]Cc1ccc(NC(=O)C(C)NC(=O)C(C)NC(=O)CCCCCN2C(=O)CC(C)C2=O)cc1. The smallest absolute Gasteiger partial charge is 0.246 e. The Hall–Kier alpha value is -3.23. The zero-order chi connectivity index (χ0) is 25.3. The van der Waals surface area contributed by atoms with Crippen molar-refractivity contribution in [1.82, 2.24) is 15.5 Å². The van der Waals surface area contributed by atoms with Crippen LogP contribution in [0.5, 0.6) is 0 Å². The van der Waals surface area contributed by atoms with Crippen molar-refractivity contribution >= 4 is 35.2 Å². The van der Waals surface area contributed by atoms with Crippen LogP contribution in [-0.4, -0.2) is 53.1 Å². The number of imide groups is 1. The van der Waals surface area contributed by atoms with Crippen molar-refractivity contribution in [2.75, 3.05) is 11.9 Å². The van der Waals surface area contributed by atoms with Gasteiger partial charge in [-0.15, -0.1) is 0 Å². The van der Waals surface area contributed by atoms with Crippen molar-refractivity contribution in [2.24, 2.45) is 5.92 Å². The average Bonchev–Trinajstić information content (AvgIpc) is 3.04. The van der Waals surface area contributed by atoms with Gasteiger partial charge in [0.25, 0.3) is 0 Å². The molecule has 0 spiro atoms. The van der Waals surface area contributed by atoms with Crippen LogP contribution >= 0.6 is 0 Å². The molecule has 1 aliphatic heterocycles. The number of amides is 5. The first-order valence-electron chi connectivity index (χ1n) is 12.0. The Kier molecular flexibility index (Phi) is 8.97. The lowest BCUT2D eigenvalue weighted by Gasteiger charge is -2.18. The second kappa shape index (κ2) is 12.1. The quantitative estimate of drug-likeness (QED) is 0.344. The Morgan fingerprint density at radius 3 is 2.30 bits per heavy atom. The Bertz CT molecular complexity index is 905. The zero-order valence-electron chi connectivity index (χ0n) is 20.5. The van der Waals surface area contributed by atoms with Crippen LogP contribution in [0.3, 0.4) is 0 Å². The molecule has 1 aromatic carbocycles. The summed E-state index contributed by atoms with van der Waals surface area (Å²) < 4.78 is 7.31. The Balaban J connectivity index is 1.64. The van der Waals surface area contributed by atoms with Gasteiger partial charge in [-0.05, 0) is 45.7 Å². The van der Waals surface area contributed by atoms with E-state index in [0.29, 0.717) is 31.5 Å². The summed E-state index contributed by atoms with van der Waals surface area (Å²) in [7, 11) is 0. The summed E-state index contributed by atoms with van der Waals surface area (Å²) in [5.74, 6) is -1.67. The minimum absolute atomic E-state index is 0.132. The summed E-state index contributed by atoms with van der Waals surface area (Å²) in [6.07, 6.45) is 2.37. The zero-order valence-corrected chi connectivity index (χ0v) is 19.5. The maximum atomic E-state index is 12.3. The molecule has 180 valence electrons. The normalized spacial score (nSPS) is 17.8. The predicted octanol–water partition coefficient (Wildman–Crippen LogP) is 1.90. The third kappa shape index (κ3) is 8.00. The lowest BCUT2D eigenvalue weighted by Crippen LogP contribution is -2.50. The second-order valence-corrected chi connectivity index (χ2v) is 8.51. The minimum atomic E-state index is -0.805. The van der Waals surface area contributed by atoms with E-state index in [-0.39, 0.29) is 43.4 Å². The molecule has 0 radical (unpaired) electrons. The maximum absolute atomic E-state index is 12.3. The van der Waals surface area contributed by atoms with E-state index in [4.69, 9.17) is 1.37 Å². The molecule has 1 aliphatic rings. The van der Waals surface area contributed by atoms with Gasteiger partial charge in [-0.3, -0.25) is 28.9 Å². The van der Waals surface area contributed by atoms with Gasteiger partial charge in [0, 0.05) is 32.4 Å². The Morgan fingerprint density at radius 1 is 1.03 bits per heavy atom. The van der Waals surface area contributed by atoms with E-state index in [9.17, 15) is 24.0 Å². The first kappa shape index (κ1) is 24.4. The van der Waals surface area contributed by atoms with Crippen LogP contribution in [-0.2, 0) is 24.0 Å². The fourth-order valence-corrected chi connectivity index (χ4v) is 3.44. The molecule has 9 nitrogen and oxygen atoms in total. The van der Waals surface area contributed by atoms with E-state index in [1.165, 1.54) is 4.90 Å². The minimum Gasteiger partial charge on any atom is -0.345 e. The topological polar surface area (TPSA) is 125 Å². The highest BCUT2D eigenvalue weighted by molar-refractivity contribution is 6.03. The molecule has 1 heterocycles. The van der Waals surface area contributed by atoms with Gasteiger partial charge < -0.3 is 16.0 Å². The lowest BCUT2D eigenvalue weighted by molar-refractivity contribution is -0.139. The van der Waals surface area contributed by atoms with Crippen LogP contribution in [0.1, 0.15) is 59.8 Å². The van der Waals surface area contributed by atoms with Gasteiger partial charge in [0.2, 0.25) is 29.5 Å². The molecular weight excluding hydrogens is 424 g/mol. The van der Waals surface area contributed by atoms with Crippen molar-refractivity contribution in [3.05, 3.63) is 29.8 Å². The molecule has 0 aliphatic carbocycles. The fourth-order valence-electron chi connectivity index (χ4n) is 3.44. The highest BCUT2D eigenvalue weighted by atomic mass is 16.2. The molecule has 0 saturated carbocycles. The first-order valence-corrected chi connectivity index (χ1v) is 11.2. The molecule has 1 aromatic rings. The number of likely N-dealkylation sites (tertiary alicyclic amines) is 1. The molecule has 0 aromatic heterocycles. The summed E-state index contributed by atoms with van der Waals surface area (Å²) in [4.78, 5) is 61.7. The van der Waals surface area contributed by atoms with Crippen LogP contribution in [0, 0.1) is 12.8 Å². The van der Waals surface area contributed by atoms with Gasteiger partial charge in [0.05, 0.1) is 0 Å². The van der Waals surface area contributed by atoms with Gasteiger partial charge in [-0.25, -0.2) is 0 Å². The number of hydrogen-bond acceptors (Lipinski definition) is 5. The van der Waals surface area contributed by atoms with Crippen LogP contribution in [0.15, 0.2) is 24.3 Å².